The fourth-order valence-electron chi connectivity index (χ4n) is 4.23. The highest BCUT2D eigenvalue weighted by molar-refractivity contribution is 7.12. The molecule has 9 heteroatoms. The fourth-order valence-corrected chi connectivity index (χ4v) is 5.07. The highest BCUT2D eigenvalue weighted by atomic mass is 35.5. The third-order valence-corrected chi connectivity index (χ3v) is 6.84. The second-order valence-electron chi connectivity index (χ2n) is 7.85. The van der Waals surface area contributed by atoms with Gasteiger partial charge in [-0.1, -0.05) is 41.9 Å². The van der Waals surface area contributed by atoms with Crippen molar-refractivity contribution >= 4 is 40.7 Å². The zero-order chi connectivity index (χ0) is 22.9. The smallest absolute Gasteiger partial charge is 0.326 e. The van der Waals surface area contributed by atoms with E-state index in [0.29, 0.717) is 29.5 Å². The average Bonchev–Trinajstić information content (AvgIpc) is 3.47. The number of nitrogens with zero attached hydrogens (tertiary/aromatic N) is 3. The van der Waals surface area contributed by atoms with Crippen molar-refractivity contribution in [1.82, 2.24) is 15.1 Å². The van der Waals surface area contributed by atoms with E-state index in [9.17, 15) is 14.0 Å². The molecule has 168 valence electrons. The third kappa shape index (κ3) is 4.24. The molecule has 5 rings (SSSR count). The molecule has 1 aromatic heterocycles. The Labute approximate surface area is 199 Å². The largest absolute Gasteiger partial charge is 0.353 e. The standard InChI is InChI=1S/C24H20ClFN4O2S/c25-17-8-6-15(7-9-17)21-22(16-3-1-4-18(26)13-16)30(23(28-21)19-5-2-12-33-19)24(32)29-11-10-27-20(31)14-29/h1-9,12-13,21-22H,10-11,14H2,(H,27,31). The van der Waals surface area contributed by atoms with Crippen LogP contribution in [-0.2, 0) is 4.79 Å². The molecule has 0 radical (unpaired) electrons. The summed E-state index contributed by atoms with van der Waals surface area (Å²) in [4.78, 5) is 34.8. The van der Waals surface area contributed by atoms with E-state index >= 15 is 0 Å². The molecule has 2 aliphatic rings. The van der Waals surface area contributed by atoms with Gasteiger partial charge in [-0.3, -0.25) is 14.7 Å². The fraction of sp³-hybridized carbons (Fsp3) is 0.208. The summed E-state index contributed by atoms with van der Waals surface area (Å²) < 4.78 is 14.3. The maximum Gasteiger partial charge on any atom is 0.326 e. The quantitative estimate of drug-likeness (QED) is 0.591. The summed E-state index contributed by atoms with van der Waals surface area (Å²) in [5.41, 5.74) is 1.48. The Balaban J connectivity index is 1.65. The van der Waals surface area contributed by atoms with Crippen LogP contribution in [0.4, 0.5) is 9.18 Å². The molecule has 3 amide bonds. The van der Waals surface area contributed by atoms with Gasteiger partial charge in [0.25, 0.3) is 0 Å². The number of urea groups is 1. The van der Waals surface area contributed by atoms with Gasteiger partial charge in [0.1, 0.15) is 18.4 Å². The van der Waals surface area contributed by atoms with Crippen LogP contribution in [-0.4, -0.2) is 47.2 Å². The van der Waals surface area contributed by atoms with Crippen LogP contribution in [0.2, 0.25) is 5.02 Å². The number of halogens is 2. The summed E-state index contributed by atoms with van der Waals surface area (Å²) in [6.45, 7) is 0.740. The molecular weight excluding hydrogens is 463 g/mol. The predicted molar refractivity (Wildman–Crippen MR) is 126 cm³/mol. The lowest BCUT2D eigenvalue weighted by Crippen LogP contribution is -2.55. The monoisotopic (exact) mass is 482 g/mol. The number of nitrogens with one attached hydrogen (secondary N) is 1. The first kappa shape index (κ1) is 21.6. The zero-order valence-corrected chi connectivity index (χ0v) is 19.0. The zero-order valence-electron chi connectivity index (χ0n) is 17.4. The number of amides is 3. The van der Waals surface area contributed by atoms with E-state index in [0.717, 1.165) is 10.4 Å². The van der Waals surface area contributed by atoms with Crippen molar-refractivity contribution in [3.05, 3.63) is 92.9 Å². The summed E-state index contributed by atoms with van der Waals surface area (Å²) in [6.07, 6.45) is 0. The lowest BCUT2D eigenvalue weighted by Gasteiger charge is -2.35. The number of carbonyl (C=O) groups is 2. The van der Waals surface area contributed by atoms with Gasteiger partial charge in [0.2, 0.25) is 5.91 Å². The number of hydrogen-bond donors (Lipinski definition) is 1. The molecule has 33 heavy (non-hydrogen) atoms. The molecule has 0 saturated carbocycles. The number of aliphatic imine (C=N–C) groups is 1. The Kier molecular flexibility index (Phi) is 5.86. The van der Waals surface area contributed by atoms with Gasteiger partial charge in [0, 0.05) is 18.1 Å². The maximum absolute atomic E-state index is 14.3. The van der Waals surface area contributed by atoms with Crippen LogP contribution in [0.3, 0.4) is 0 Å². The normalized spacial score (nSPS) is 20.5. The molecule has 1 saturated heterocycles. The van der Waals surface area contributed by atoms with Gasteiger partial charge in [-0.05, 0) is 46.8 Å². The number of piperazine rings is 1. The van der Waals surface area contributed by atoms with Crippen molar-refractivity contribution < 1.29 is 14.0 Å². The summed E-state index contributed by atoms with van der Waals surface area (Å²) >= 11 is 7.57. The molecule has 2 aromatic carbocycles. The van der Waals surface area contributed by atoms with Crippen LogP contribution >= 0.6 is 22.9 Å². The molecule has 2 unspecified atom stereocenters. The van der Waals surface area contributed by atoms with Crippen LogP contribution in [0.5, 0.6) is 0 Å². The number of carbonyl (C=O) groups excluding carboxylic acids is 2. The number of benzene rings is 2. The lowest BCUT2D eigenvalue weighted by molar-refractivity contribution is -0.123. The molecule has 6 nitrogen and oxygen atoms in total. The first-order valence-corrected chi connectivity index (χ1v) is 11.7. The first-order valence-electron chi connectivity index (χ1n) is 10.5. The SMILES string of the molecule is O=C1CN(C(=O)N2C(c3cccs3)=NC(c3ccc(Cl)cc3)C2c2cccc(F)c2)CCN1. The summed E-state index contributed by atoms with van der Waals surface area (Å²) in [6, 6.07) is 15.9. The molecule has 3 aromatic rings. The Bertz CT molecular complexity index is 1220. The second kappa shape index (κ2) is 8.96. The van der Waals surface area contributed by atoms with Gasteiger partial charge in [-0.2, -0.15) is 0 Å². The van der Waals surface area contributed by atoms with Gasteiger partial charge in [0.15, 0.2) is 5.84 Å². The van der Waals surface area contributed by atoms with E-state index in [-0.39, 0.29) is 18.5 Å². The summed E-state index contributed by atoms with van der Waals surface area (Å²) in [5, 5.41) is 5.25. The van der Waals surface area contributed by atoms with Crippen LogP contribution in [0.1, 0.15) is 28.1 Å². The van der Waals surface area contributed by atoms with Crippen LogP contribution in [0.25, 0.3) is 0 Å². The topological polar surface area (TPSA) is 65.0 Å². The summed E-state index contributed by atoms with van der Waals surface area (Å²) in [5.74, 6) is -0.0909. The van der Waals surface area contributed by atoms with Gasteiger partial charge in [-0.25, -0.2) is 9.18 Å². The molecule has 3 heterocycles. The van der Waals surface area contributed by atoms with Gasteiger partial charge in [0.05, 0.1) is 10.9 Å². The number of thiophene rings is 1. The van der Waals surface area contributed by atoms with Gasteiger partial charge >= 0.3 is 6.03 Å². The third-order valence-electron chi connectivity index (χ3n) is 5.73. The van der Waals surface area contributed by atoms with E-state index in [2.05, 4.69) is 5.32 Å². The number of amidine groups is 1. The molecule has 1 N–H and O–H groups in total. The highest BCUT2D eigenvalue weighted by Gasteiger charge is 2.44. The number of rotatable bonds is 3. The van der Waals surface area contributed by atoms with Crippen LogP contribution in [0.15, 0.2) is 71.0 Å². The molecule has 2 atom stereocenters. The minimum Gasteiger partial charge on any atom is -0.353 e. The Morgan fingerprint density at radius 3 is 2.64 bits per heavy atom. The van der Waals surface area contributed by atoms with Gasteiger partial charge < -0.3 is 10.2 Å². The second-order valence-corrected chi connectivity index (χ2v) is 9.23. The van der Waals surface area contributed by atoms with Crippen molar-refractivity contribution in [3.8, 4) is 0 Å². The Morgan fingerprint density at radius 1 is 1.12 bits per heavy atom. The van der Waals surface area contributed by atoms with Crippen molar-refractivity contribution in [2.45, 2.75) is 12.1 Å². The Hall–Kier alpha value is -3.23. The average molecular weight is 483 g/mol. The van der Waals surface area contributed by atoms with E-state index in [1.54, 1.807) is 29.2 Å². The predicted octanol–water partition coefficient (Wildman–Crippen LogP) is 4.64. The minimum atomic E-state index is -0.587. The molecule has 2 aliphatic heterocycles. The van der Waals surface area contributed by atoms with E-state index in [1.807, 2.05) is 29.6 Å². The Morgan fingerprint density at radius 2 is 1.94 bits per heavy atom. The minimum absolute atomic E-state index is 0.0332. The molecule has 0 aliphatic carbocycles. The van der Waals surface area contributed by atoms with Crippen molar-refractivity contribution in [2.75, 3.05) is 19.6 Å². The van der Waals surface area contributed by atoms with Crippen LogP contribution < -0.4 is 5.32 Å². The van der Waals surface area contributed by atoms with E-state index in [1.165, 1.54) is 28.4 Å². The molecule has 0 spiro atoms. The van der Waals surface area contributed by atoms with Crippen LogP contribution in [0, 0.1) is 5.82 Å². The maximum atomic E-state index is 14.3. The van der Waals surface area contributed by atoms with Crippen molar-refractivity contribution in [2.24, 2.45) is 4.99 Å². The summed E-state index contributed by atoms with van der Waals surface area (Å²) in [7, 11) is 0. The molecule has 0 bridgehead atoms. The van der Waals surface area contributed by atoms with Gasteiger partial charge in [-0.15, -0.1) is 11.3 Å². The molecule has 1 fully saturated rings. The van der Waals surface area contributed by atoms with Crippen molar-refractivity contribution in [3.63, 3.8) is 0 Å². The first-order chi connectivity index (χ1) is 16.0. The number of hydrogen-bond acceptors (Lipinski definition) is 4. The lowest BCUT2D eigenvalue weighted by atomic mass is 9.93. The molecular formula is C24H20ClFN4O2S. The highest BCUT2D eigenvalue weighted by Crippen LogP contribution is 2.44. The van der Waals surface area contributed by atoms with Crippen molar-refractivity contribution in [1.29, 1.82) is 0 Å². The van der Waals surface area contributed by atoms with E-state index in [4.69, 9.17) is 16.6 Å². The van der Waals surface area contributed by atoms with E-state index < -0.39 is 17.9 Å².